The molecule has 164 valence electrons. The molecule has 1 aliphatic rings. The SMILES string of the molecule is COC(=O)CCNC(=O)[C@@H]1O[PH](O)(OCOC(=O)c2scnc2C)OCC1(C)C. The molecule has 2 heterocycles. The van der Waals surface area contributed by atoms with Crippen molar-refractivity contribution in [1.82, 2.24) is 10.3 Å². The zero-order valence-electron chi connectivity index (χ0n) is 16.6. The number of esters is 2. The van der Waals surface area contributed by atoms with Crippen molar-refractivity contribution in [1.29, 1.82) is 0 Å². The van der Waals surface area contributed by atoms with Gasteiger partial charge in [-0.05, 0) is 0 Å². The number of rotatable bonds is 8. The summed E-state index contributed by atoms with van der Waals surface area (Å²) in [7, 11) is -2.98. The zero-order valence-corrected chi connectivity index (χ0v) is 18.4. The number of amides is 1. The number of carbonyl (C=O) groups is 3. The molecule has 0 aromatic carbocycles. The summed E-state index contributed by atoms with van der Waals surface area (Å²) >= 11 is 1.12. The summed E-state index contributed by atoms with van der Waals surface area (Å²) in [6.07, 6.45) is -1.10. The van der Waals surface area contributed by atoms with Gasteiger partial charge >= 0.3 is 172 Å². The van der Waals surface area contributed by atoms with E-state index in [1.807, 2.05) is 0 Å². The van der Waals surface area contributed by atoms with Gasteiger partial charge in [0.25, 0.3) is 0 Å². The van der Waals surface area contributed by atoms with E-state index in [2.05, 4.69) is 15.0 Å². The first-order valence-electron chi connectivity index (χ1n) is 8.68. The van der Waals surface area contributed by atoms with Crippen LogP contribution in [0.2, 0.25) is 0 Å². The fourth-order valence-corrected chi connectivity index (χ4v) is 4.78. The number of carbonyl (C=O) groups excluding carboxylic acids is 3. The molecule has 13 heteroatoms. The van der Waals surface area contributed by atoms with Gasteiger partial charge in [0.2, 0.25) is 0 Å². The van der Waals surface area contributed by atoms with Crippen molar-refractivity contribution in [2.75, 3.05) is 27.1 Å². The van der Waals surface area contributed by atoms with Gasteiger partial charge in [0, 0.05) is 0 Å². The van der Waals surface area contributed by atoms with E-state index in [0.717, 1.165) is 11.3 Å². The van der Waals surface area contributed by atoms with Crippen LogP contribution in [0.1, 0.15) is 35.6 Å². The van der Waals surface area contributed by atoms with Gasteiger partial charge in [0.15, 0.2) is 0 Å². The Kier molecular flexibility index (Phi) is 8.03. The van der Waals surface area contributed by atoms with Crippen molar-refractivity contribution in [2.24, 2.45) is 5.41 Å². The number of nitrogens with zero attached hydrogens (tertiary/aromatic N) is 1. The molecule has 2 rings (SSSR count). The quantitative estimate of drug-likeness (QED) is 0.334. The monoisotopic (exact) mass is 452 g/mol. The summed E-state index contributed by atoms with van der Waals surface area (Å²) in [6, 6.07) is 0. The fraction of sp³-hybridized carbons (Fsp3) is 0.625. The second kappa shape index (κ2) is 9.88. The molecule has 1 amide bonds. The van der Waals surface area contributed by atoms with E-state index in [4.69, 9.17) is 18.3 Å². The molecule has 0 aliphatic carbocycles. The van der Waals surface area contributed by atoms with Crippen molar-refractivity contribution < 1.29 is 42.3 Å². The third-order valence-corrected chi connectivity index (χ3v) is 6.49. The Balaban J connectivity index is 1.90. The Labute approximate surface area is 172 Å². The Morgan fingerprint density at radius 3 is 2.79 bits per heavy atom. The number of nitrogens with one attached hydrogen (secondary N) is 1. The van der Waals surface area contributed by atoms with Crippen LogP contribution in [0.5, 0.6) is 0 Å². The number of methoxy groups -OCH3 is 1. The first-order chi connectivity index (χ1) is 13.6. The zero-order chi connectivity index (χ0) is 21.7. The van der Waals surface area contributed by atoms with Crippen LogP contribution in [-0.4, -0.2) is 60.9 Å². The van der Waals surface area contributed by atoms with Gasteiger partial charge in [-0.2, -0.15) is 0 Å². The second-order valence-electron chi connectivity index (χ2n) is 6.88. The van der Waals surface area contributed by atoms with Gasteiger partial charge in [0.1, 0.15) is 0 Å². The molecule has 0 spiro atoms. The van der Waals surface area contributed by atoms with Crippen LogP contribution in [-0.2, 0) is 32.6 Å². The molecule has 0 radical (unpaired) electrons. The van der Waals surface area contributed by atoms with Crippen LogP contribution in [0.4, 0.5) is 0 Å². The Morgan fingerprint density at radius 2 is 2.17 bits per heavy atom. The predicted molar refractivity (Wildman–Crippen MR) is 103 cm³/mol. The molecule has 29 heavy (non-hydrogen) atoms. The average molecular weight is 452 g/mol. The van der Waals surface area contributed by atoms with Crippen LogP contribution in [0.3, 0.4) is 0 Å². The minimum absolute atomic E-state index is 0.00295. The maximum absolute atomic E-state index is 12.5. The van der Waals surface area contributed by atoms with E-state index in [0.29, 0.717) is 10.6 Å². The summed E-state index contributed by atoms with van der Waals surface area (Å²) < 4.78 is 25.4. The summed E-state index contributed by atoms with van der Waals surface area (Å²) in [5.41, 5.74) is 1.26. The predicted octanol–water partition coefficient (Wildman–Crippen LogP) is 1.11. The standard InChI is InChI=1S/C16H25N2O9PS/c1-10-12(29-8-18-10)15(21)24-9-26-28(22)25-7-16(2,3)13(27-28)14(20)17-6-5-11(19)23-4/h8,13,22,28H,5-7,9H2,1-4H3,(H,17,20)/t13-/m0/s1. The molecule has 2 N–H and O–H groups in total. The fourth-order valence-electron chi connectivity index (χ4n) is 2.38. The van der Waals surface area contributed by atoms with Crippen molar-refractivity contribution in [2.45, 2.75) is 33.3 Å². The van der Waals surface area contributed by atoms with Crippen LogP contribution < -0.4 is 5.32 Å². The van der Waals surface area contributed by atoms with Gasteiger partial charge < -0.3 is 0 Å². The number of aromatic nitrogens is 1. The van der Waals surface area contributed by atoms with Crippen LogP contribution in [0.15, 0.2) is 5.51 Å². The molecule has 0 unspecified atom stereocenters. The van der Waals surface area contributed by atoms with E-state index in [-0.39, 0.29) is 19.6 Å². The minimum atomic E-state index is -4.23. The molecule has 1 saturated heterocycles. The second-order valence-corrected chi connectivity index (χ2v) is 9.59. The van der Waals surface area contributed by atoms with Gasteiger partial charge in [-0.25, -0.2) is 0 Å². The van der Waals surface area contributed by atoms with Gasteiger partial charge in [-0.15, -0.1) is 0 Å². The van der Waals surface area contributed by atoms with Gasteiger partial charge in [-0.1, -0.05) is 0 Å². The Hall–Kier alpha value is -1.69. The van der Waals surface area contributed by atoms with Crippen molar-refractivity contribution in [3.8, 4) is 0 Å². The molecule has 1 aromatic rings. The molecule has 1 aromatic heterocycles. The summed E-state index contributed by atoms with van der Waals surface area (Å²) in [5.74, 6) is -1.66. The molecule has 1 fully saturated rings. The van der Waals surface area contributed by atoms with Gasteiger partial charge in [-0.3, -0.25) is 0 Å². The van der Waals surface area contributed by atoms with Crippen LogP contribution in [0.25, 0.3) is 0 Å². The normalized spacial score (nSPS) is 21.1. The molecular formula is C16H25N2O9PS. The van der Waals surface area contributed by atoms with E-state index < -0.39 is 44.3 Å². The maximum atomic E-state index is 12.5. The summed E-state index contributed by atoms with van der Waals surface area (Å²) in [6.45, 7) is 4.52. The van der Waals surface area contributed by atoms with E-state index in [1.54, 1.807) is 20.8 Å². The topological polar surface area (TPSA) is 143 Å². The molecule has 1 aliphatic heterocycles. The summed E-state index contributed by atoms with van der Waals surface area (Å²) in [4.78, 5) is 50.3. The molecule has 1 atom stereocenters. The molecular weight excluding hydrogens is 427 g/mol. The van der Waals surface area contributed by atoms with Crippen molar-refractivity contribution in [3.63, 3.8) is 0 Å². The van der Waals surface area contributed by atoms with E-state index in [9.17, 15) is 19.3 Å². The van der Waals surface area contributed by atoms with Gasteiger partial charge in [0.05, 0.1) is 0 Å². The summed E-state index contributed by atoms with van der Waals surface area (Å²) in [5, 5.41) is 2.55. The Morgan fingerprint density at radius 1 is 1.45 bits per heavy atom. The van der Waals surface area contributed by atoms with Crippen LogP contribution >= 0.6 is 19.5 Å². The third kappa shape index (κ3) is 6.39. The molecule has 11 nitrogen and oxygen atoms in total. The number of thiazole rings is 1. The number of ether oxygens (including phenoxy) is 2. The van der Waals surface area contributed by atoms with Crippen LogP contribution in [0, 0.1) is 12.3 Å². The van der Waals surface area contributed by atoms with Crippen molar-refractivity contribution >= 4 is 37.4 Å². The number of hydrogen-bond acceptors (Lipinski definition) is 11. The first-order valence-corrected chi connectivity index (χ1v) is 11.2. The third-order valence-electron chi connectivity index (χ3n) is 4.06. The molecule has 0 bridgehead atoms. The van der Waals surface area contributed by atoms with E-state index in [1.165, 1.54) is 12.6 Å². The van der Waals surface area contributed by atoms with E-state index >= 15 is 0 Å². The Bertz CT molecular complexity index is 757. The average Bonchev–Trinajstić information content (AvgIpc) is 3.09. The number of aryl methyl sites for hydroxylation is 1. The number of hydrogen-bond donors (Lipinski definition) is 2. The molecule has 0 saturated carbocycles. The van der Waals surface area contributed by atoms with Crippen molar-refractivity contribution in [3.05, 3.63) is 16.1 Å². The first kappa shape index (κ1) is 23.6.